The zero-order valence-electron chi connectivity index (χ0n) is 12.9. The van der Waals surface area contributed by atoms with Gasteiger partial charge in [0.25, 0.3) is 5.56 Å². The number of aromatic amines is 1. The highest BCUT2D eigenvalue weighted by molar-refractivity contribution is 7.98. The number of benzene rings is 1. The van der Waals surface area contributed by atoms with Crippen molar-refractivity contribution >= 4 is 46.2 Å². The minimum absolute atomic E-state index is 0.175. The zero-order chi connectivity index (χ0) is 17.1. The second-order valence-corrected chi connectivity index (χ2v) is 6.93. The molecule has 0 atom stereocenters. The van der Waals surface area contributed by atoms with Crippen molar-refractivity contribution in [3.8, 4) is 0 Å². The molecule has 0 aliphatic carbocycles. The number of fused-ring (bicyclic) bond motifs is 1. The minimum Gasteiger partial charge on any atom is -0.267 e. The quantitative estimate of drug-likeness (QED) is 0.545. The molecular weight excluding hydrogens is 356 g/mol. The van der Waals surface area contributed by atoms with Gasteiger partial charge in [0.05, 0.1) is 11.3 Å². The Morgan fingerprint density at radius 1 is 1.20 bits per heavy atom. The molecule has 7 nitrogen and oxygen atoms in total. The Bertz CT molecular complexity index is 1080. The first-order valence-corrected chi connectivity index (χ1v) is 9.25. The van der Waals surface area contributed by atoms with Gasteiger partial charge < -0.3 is 0 Å². The summed E-state index contributed by atoms with van der Waals surface area (Å²) in [4.78, 5) is 17.9. The van der Waals surface area contributed by atoms with Crippen LogP contribution in [0, 0.1) is 0 Å². The van der Waals surface area contributed by atoms with Crippen molar-refractivity contribution in [1.82, 2.24) is 30.2 Å². The van der Waals surface area contributed by atoms with Crippen LogP contribution in [0.3, 0.4) is 0 Å². The van der Waals surface area contributed by atoms with Crippen LogP contribution in [-0.4, -0.2) is 30.2 Å². The maximum absolute atomic E-state index is 12.4. The summed E-state index contributed by atoms with van der Waals surface area (Å²) in [6.07, 6.45) is 3.84. The van der Waals surface area contributed by atoms with Crippen LogP contribution in [0.4, 0.5) is 0 Å². The largest absolute Gasteiger partial charge is 0.278 e. The van der Waals surface area contributed by atoms with Gasteiger partial charge in [0, 0.05) is 4.88 Å². The van der Waals surface area contributed by atoms with Crippen LogP contribution in [-0.2, 0) is 5.88 Å². The normalized spacial score (nSPS) is 11.5. The number of rotatable bonds is 5. The van der Waals surface area contributed by atoms with E-state index in [1.54, 1.807) is 23.5 Å². The molecule has 0 saturated heterocycles. The smallest absolute Gasteiger partial charge is 0.267 e. The monoisotopic (exact) mass is 368 g/mol. The number of hydrogen-bond donors (Lipinski definition) is 1. The molecular formula is C16H12N6OS2. The molecule has 0 bridgehead atoms. The van der Waals surface area contributed by atoms with Crippen molar-refractivity contribution in [2.45, 2.75) is 11.0 Å². The molecule has 0 unspecified atom stereocenters. The second-order valence-electron chi connectivity index (χ2n) is 5.04. The lowest BCUT2D eigenvalue weighted by atomic mass is 10.2. The average Bonchev–Trinajstić information content (AvgIpc) is 3.31. The Hall–Kier alpha value is -2.78. The SMILES string of the molecule is O=c1c2ccccc2nnn1CSc1n[nH]c(C=Cc2cccs2)n1. The van der Waals surface area contributed by atoms with E-state index in [1.807, 2.05) is 41.8 Å². The van der Waals surface area contributed by atoms with E-state index in [0.29, 0.717) is 27.8 Å². The van der Waals surface area contributed by atoms with Crippen LogP contribution in [0.25, 0.3) is 23.1 Å². The fourth-order valence-corrected chi connectivity index (χ4v) is 3.47. The summed E-state index contributed by atoms with van der Waals surface area (Å²) in [6.45, 7) is 0. The number of nitrogens with zero attached hydrogens (tertiary/aromatic N) is 5. The molecule has 0 saturated carbocycles. The number of thioether (sulfide) groups is 1. The summed E-state index contributed by atoms with van der Waals surface area (Å²) in [7, 11) is 0. The Balaban J connectivity index is 1.47. The van der Waals surface area contributed by atoms with Gasteiger partial charge >= 0.3 is 0 Å². The molecule has 124 valence electrons. The molecule has 3 heterocycles. The summed E-state index contributed by atoms with van der Waals surface area (Å²) in [5, 5.41) is 18.1. The average molecular weight is 368 g/mol. The summed E-state index contributed by atoms with van der Waals surface area (Å²) in [6, 6.07) is 11.2. The number of H-pyrrole nitrogens is 1. The van der Waals surface area contributed by atoms with Crippen LogP contribution >= 0.6 is 23.1 Å². The molecule has 4 aromatic rings. The molecule has 0 amide bonds. The molecule has 25 heavy (non-hydrogen) atoms. The van der Waals surface area contributed by atoms with E-state index in [4.69, 9.17) is 0 Å². The van der Waals surface area contributed by atoms with Crippen molar-refractivity contribution < 1.29 is 0 Å². The lowest BCUT2D eigenvalue weighted by Crippen LogP contribution is -2.23. The summed E-state index contributed by atoms with van der Waals surface area (Å²) in [5.74, 6) is 0.954. The van der Waals surface area contributed by atoms with Crippen molar-refractivity contribution in [1.29, 1.82) is 0 Å². The van der Waals surface area contributed by atoms with E-state index in [9.17, 15) is 4.79 Å². The van der Waals surface area contributed by atoms with Crippen molar-refractivity contribution in [3.05, 3.63) is 62.8 Å². The molecule has 9 heteroatoms. The predicted octanol–water partition coefficient (Wildman–Crippen LogP) is 2.89. The van der Waals surface area contributed by atoms with Gasteiger partial charge in [-0.2, -0.15) is 4.68 Å². The van der Waals surface area contributed by atoms with Gasteiger partial charge in [-0.25, -0.2) is 4.98 Å². The molecule has 0 fully saturated rings. The second kappa shape index (κ2) is 6.99. The standard InChI is InChI=1S/C16H12N6OS2/c23-15-12-5-1-2-6-13(12)18-21-22(15)10-25-16-17-14(19-20-16)8-7-11-4-3-9-24-11/h1-9H,10H2,(H,17,19,20). The third-order valence-corrected chi connectivity index (χ3v) is 5.03. The Morgan fingerprint density at radius 3 is 3.00 bits per heavy atom. The van der Waals surface area contributed by atoms with Crippen LogP contribution < -0.4 is 5.56 Å². The summed E-state index contributed by atoms with van der Waals surface area (Å²) < 4.78 is 1.31. The van der Waals surface area contributed by atoms with E-state index < -0.39 is 0 Å². The molecule has 0 aliphatic heterocycles. The highest BCUT2D eigenvalue weighted by Gasteiger charge is 2.07. The number of nitrogens with one attached hydrogen (secondary N) is 1. The maximum atomic E-state index is 12.4. The first kappa shape index (κ1) is 15.7. The fourth-order valence-electron chi connectivity index (χ4n) is 2.17. The third kappa shape index (κ3) is 3.52. The first-order chi connectivity index (χ1) is 12.3. The van der Waals surface area contributed by atoms with E-state index in [-0.39, 0.29) is 5.56 Å². The lowest BCUT2D eigenvalue weighted by Gasteiger charge is -2.02. The number of hydrogen-bond acceptors (Lipinski definition) is 7. The van der Waals surface area contributed by atoms with Crippen LogP contribution in [0.1, 0.15) is 10.7 Å². The molecule has 1 N–H and O–H groups in total. The maximum Gasteiger partial charge on any atom is 0.278 e. The van der Waals surface area contributed by atoms with Crippen LogP contribution in [0.5, 0.6) is 0 Å². The molecule has 1 aromatic carbocycles. The summed E-state index contributed by atoms with van der Waals surface area (Å²) >= 11 is 2.97. The highest BCUT2D eigenvalue weighted by atomic mass is 32.2. The van der Waals surface area contributed by atoms with E-state index in [0.717, 1.165) is 4.88 Å². The Labute approximate surface area is 150 Å². The number of thiophene rings is 1. The van der Waals surface area contributed by atoms with Gasteiger partial charge in [0.15, 0.2) is 0 Å². The van der Waals surface area contributed by atoms with Gasteiger partial charge in [-0.15, -0.1) is 21.5 Å². The van der Waals surface area contributed by atoms with Gasteiger partial charge in [0.2, 0.25) is 5.16 Å². The lowest BCUT2D eigenvalue weighted by molar-refractivity contribution is 0.644. The van der Waals surface area contributed by atoms with Gasteiger partial charge in [0.1, 0.15) is 11.3 Å². The Kier molecular flexibility index (Phi) is 4.40. The third-order valence-electron chi connectivity index (χ3n) is 3.38. The molecule has 0 radical (unpaired) electrons. The van der Waals surface area contributed by atoms with E-state index >= 15 is 0 Å². The summed E-state index contributed by atoms with van der Waals surface area (Å²) in [5.41, 5.74) is 0.416. The minimum atomic E-state index is -0.175. The van der Waals surface area contributed by atoms with Gasteiger partial charge in [-0.05, 0) is 35.7 Å². The topological polar surface area (TPSA) is 89.4 Å². The van der Waals surface area contributed by atoms with Gasteiger partial charge in [-0.3, -0.25) is 9.89 Å². The van der Waals surface area contributed by atoms with Gasteiger partial charge in [-0.1, -0.05) is 35.2 Å². The fraction of sp³-hybridized carbons (Fsp3) is 0.0625. The zero-order valence-corrected chi connectivity index (χ0v) is 14.5. The van der Waals surface area contributed by atoms with Crippen LogP contribution in [0.15, 0.2) is 51.7 Å². The Morgan fingerprint density at radius 2 is 2.12 bits per heavy atom. The molecule has 3 aromatic heterocycles. The van der Waals surface area contributed by atoms with Crippen molar-refractivity contribution in [2.24, 2.45) is 0 Å². The molecule has 0 aliphatic rings. The van der Waals surface area contributed by atoms with Crippen molar-refractivity contribution in [3.63, 3.8) is 0 Å². The predicted molar refractivity (Wildman–Crippen MR) is 99.3 cm³/mol. The highest BCUT2D eigenvalue weighted by Crippen LogP contribution is 2.16. The van der Waals surface area contributed by atoms with Crippen molar-refractivity contribution in [2.75, 3.05) is 0 Å². The van der Waals surface area contributed by atoms with Crippen LogP contribution in [0.2, 0.25) is 0 Å². The van der Waals surface area contributed by atoms with E-state index in [2.05, 4.69) is 25.5 Å². The van der Waals surface area contributed by atoms with E-state index in [1.165, 1.54) is 16.4 Å². The first-order valence-electron chi connectivity index (χ1n) is 7.39. The molecule has 4 rings (SSSR count). The number of aromatic nitrogens is 6. The molecule has 0 spiro atoms.